The molecule has 0 radical (unpaired) electrons. The van der Waals surface area contributed by atoms with Gasteiger partial charge in [0.25, 0.3) is 10.0 Å². The first-order valence-electron chi connectivity index (χ1n) is 8.48. The van der Waals surface area contributed by atoms with Crippen LogP contribution in [0.15, 0.2) is 83.9 Å². The number of benzene rings is 3. The summed E-state index contributed by atoms with van der Waals surface area (Å²) in [5.41, 5.74) is -0.350. The molecule has 0 amide bonds. The lowest BCUT2D eigenvalue weighted by Gasteiger charge is -2.11. The fourth-order valence-electron chi connectivity index (χ4n) is 2.94. The van der Waals surface area contributed by atoms with E-state index in [4.69, 9.17) is 0 Å². The third-order valence-electron chi connectivity index (χ3n) is 4.30. The second-order valence-corrected chi connectivity index (χ2v) is 7.92. The maximum atomic E-state index is 12.8. The van der Waals surface area contributed by atoms with Gasteiger partial charge in [0, 0.05) is 17.3 Å². The van der Waals surface area contributed by atoms with Gasteiger partial charge in [-0.2, -0.15) is 18.3 Å². The third-order valence-corrected chi connectivity index (χ3v) is 5.74. The topological polar surface area (TPSA) is 64.0 Å². The third kappa shape index (κ3) is 3.81. The molecule has 0 atom stereocenters. The molecule has 1 heterocycles. The van der Waals surface area contributed by atoms with Crippen molar-refractivity contribution in [1.29, 1.82) is 0 Å². The number of halogens is 3. The van der Waals surface area contributed by atoms with Crippen LogP contribution in [0.4, 0.5) is 18.9 Å². The number of anilines is 1. The molecule has 0 unspecified atom stereocenters. The van der Waals surface area contributed by atoms with Crippen molar-refractivity contribution < 1.29 is 21.6 Å². The summed E-state index contributed by atoms with van der Waals surface area (Å²) in [5.74, 6) is 0. The Bertz CT molecular complexity index is 1280. The minimum absolute atomic E-state index is 0.140. The van der Waals surface area contributed by atoms with E-state index < -0.39 is 21.9 Å². The van der Waals surface area contributed by atoms with Gasteiger partial charge in [-0.25, -0.2) is 13.1 Å². The molecule has 0 aliphatic carbocycles. The molecule has 0 aliphatic rings. The highest BCUT2D eigenvalue weighted by Crippen LogP contribution is 2.28. The van der Waals surface area contributed by atoms with Gasteiger partial charge >= 0.3 is 6.18 Å². The van der Waals surface area contributed by atoms with Crippen LogP contribution in [-0.4, -0.2) is 18.2 Å². The van der Waals surface area contributed by atoms with E-state index in [0.717, 1.165) is 16.1 Å². The molecule has 0 saturated heterocycles. The molecule has 0 aliphatic heterocycles. The molecule has 9 heteroatoms. The lowest BCUT2D eigenvalue weighted by molar-refractivity contribution is -0.141. The number of alkyl halides is 3. The standard InChI is InChI=1S/C20H14F3N3O2S/c21-20(22,23)19-12-13-26(24-19)16-10-8-15(9-11-16)25-29(27,28)18-7-3-5-14-4-1-2-6-17(14)18/h1-13,25H. The van der Waals surface area contributed by atoms with Gasteiger partial charge < -0.3 is 0 Å². The summed E-state index contributed by atoms with van der Waals surface area (Å²) in [7, 11) is -3.85. The summed E-state index contributed by atoms with van der Waals surface area (Å²) in [4.78, 5) is 0.140. The van der Waals surface area contributed by atoms with E-state index in [1.54, 1.807) is 18.2 Å². The van der Waals surface area contributed by atoms with Crippen LogP contribution in [0.3, 0.4) is 0 Å². The van der Waals surface area contributed by atoms with E-state index in [1.165, 1.54) is 36.5 Å². The number of sulfonamides is 1. The van der Waals surface area contributed by atoms with Crippen molar-refractivity contribution in [2.75, 3.05) is 4.72 Å². The van der Waals surface area contributed by atoms with Crippen molar-refractivity contribution >= 4 is 26.5 Å². The van der Waals surface area contributed by atoms with Gasteiger partial charge in [0.15, 0.2) is 5.69 Å². The molecule has 29 heavy (non-hydrogen) atoms. The number of nitrogens with zero attached hydrogens (tertiary/aromatic N) is 2. The van der Waals surface area contributed by atoms with Gasteiger partial charge in [-0.15, -0.1) is 0 Å². The Morgan fingerprint density at radius 2 is 1.55 bits per heavy atom. The fourth-order valence-corrected chi connectivity index (χ4v) is 4.23. The van der Waals surface area contributed by atoms with E-state index in [1.807, 2.05) is 18.2 Å². The van der Waals surface area contributed by atoms with Crippen LogP contribution < -0.4 is 4.72 Å². The van der Waals surface area contributed by atoms with Crippen molar-refractivity contribution in [3.8, 4) is 5.69 Å². The van der Waals surface area contributed by atoms with Gasteiger partial charge in [-0.3, -0.25) is 4.72 Å². The van der Waals surface area contributed by atoms with Gasteiger partial charge in [0.2, 0.25) is 0 Å². The van der Waals surface area contributed by atoms with Crippen LogP contribution in [0.25, 0.3) is 16.5 Å². The van der Waals surface area contributed by atoms with Gasteiger partial charge in [-0.1, -0.05) is 36.4 Å². The summed E-state index contributed by atoms with van der Waals surface area (Å²) in [5, 5.41) is 4.88. The number of rotatable bonds is 4. The van der Waals surface area contributed by atoms with Crippen molar-refractivity contribution in [1.82, 2.24) is 9.78 Å². The minimum atomic E-state index is -4.53. The normalized spacial score (nSPS) is 12.2. The number of nitrogens with one attached hydrogen (secondary N) is 1. The zero-order valence-corrected chi connectivity index (χ0v) is 15.6. The number of hydrogen-bond acceptors (Lipinski definition) is 3. The molecule has 0 saturated carbocycles. The Balaban J connectivity index is 1.61. The zero-order chi connectivity index (χ0) is 20.6. The molecule has 0 fully saturated rings. The van der Waals surface area contributed by atoms with Gasteiger partial charge in [-0.05, 0) is 41.8 Å². The van der Waals surface area contributed by atoms with E-state index in [-0.39, 0.29) is 10.6 Å². The molecule has 1 N–H and O–H groups in total. The van der Waals surface area contributed by atoms with Crippen molar-refractivity contribution in [3.05, 3.63) is 84.7 Å². The van der Waals surface area contributed by atoms with Crippen molar-refractivity contribution in [2.24, 2.45) is 0 Å². The van der Waals surface area contributed by atoms with E-state index in [2.05, 4.69) is 9.82 Å². The average molecular weight is 417 g/mol. The Morgan fingerprint density at radius 1 is 0.862 bits per heavy atom. The first-order valence-corrected chi connectivity index (χ1v) is 9.96. The number of fused-ring (bicyclic) bond motifs is 1. The highest BCUT2D eigenvalue weighted by molar-refractivity contribution is 7.93. The first-order chi connectivity index (χ1) is 13.7. The largest absolute Gasteiger partial charge is 0.435 e. The maximum absolute atomic E-state index is 12.8. The summed E-state index contributed by atoms with van der Waals surface area (Å²) in [6, 6.07) is 18.9. The molecule has 4 aromatic rings. The lowest BCUT2D eigenvalue weighted by Crippen LogP contribution is -2.13. The quantitative estimate of drug-likeness (QED) is 0.517. The molecule has 3 aromatic carbocycles. The first kappa shape index (κ1) is 19.0. The molecular weight excluding hydrogens is 403 g/mol. The molecule has 5 nitrogen and oxygen atoms in total. The molecule has 1 aromatic heterocycles. The highest BCUT2D eigenvalue weighted by Gasteiger charge is 2.33. The van der Waals surface area contributed by atoms with E-state index >= 15 is 0 Å². The number of hydrogen-bond donors (Lipinski definition) is 1. The van der Waals surface area contributed by atoms with Crippen molar-refractivity contribution in [3.63, 3.8) is 0 Å². The van der Waals surface area contributed by atoms with Crippen LogP contribution in [0.1, 0.15) is 5.69 Å². The molecular formula is C20H14F3N3O2S. The fraction of sp³-hybridized carbons (Fsp3) is 0.0500. The second kappa shape index (κ2) is 6.93. The Kier molecular flexibility index (Phi) is 4.54. The maximum Gasteiger partial charge on any atom is 0.435 e. The molecule has 148 valence electrons. The Hall–Kier alpha value is -3.33. The monoisotopic (exact) mass is 417 g/mol. The highest BCUT2D eigenvalue weighted by atomic mass is 32.2. The van der Waals surface area contributed by atoms with Crippen LogP contribution in [-0.2, 0) is 16.2 Å². The Morgan fingerprint density at radius 3 is 2.24 bits per heavy atom. The van der Waals surface area contributed by atoms with E-state index in [9.17, 15) is 21.6 Å². The van der Waals surface area contributed by atoms with Crippen LogP contribution in [0.5, 0.6) is 0 Å². The summed E-state index contributed by atoms with van der Waals surface area (Å²) >= 11 is 0. The molecule has 4 rings (SSSR count). The zero-order valence-electron chi connectivity index (χ0n) is 14.8. The molecule has 0 spiro atoms. The average Bonchev–Trinajstić information content (AvgIpc) is 3.18. The minimum Gasteiger partial charge on any atom is -0.280 e. The van der Waals surface area contributed by atoms with E-state index in [0.29, 0.717) is 11.1 Å². The number of aromatic nitrogens is 2. The summed E-state index contributed by atoms with van der Waals surface area (Å²) in [6.45, 7) is 0. The van der Waals surface area contributed by atoms with Gasteiger partial charge in [0.1, 0.15) is 0 Å². The Labute approximate surface area is 164 Å². The van der Waals surface area contributed by atoms with Crippen LogP contribution in [0.2, 0.25) is 0 Å². The van der Waals surface area contributed by atoms with Crippen molar-refractivity contribution in [2.45, 2.75) is 11.1 Å². The predicted molar refractivity (Wildman–Crippen MR) is 103 cm³/mol. The lowest BCUT2D eigenvalue weighted by atomic mass is 10.1. The predicted octanol–water partition coefficient (Wildman–Crippen LogP) is 4.85. The smallest absolute Gasteiger partial charge is 0.280 e. The SMILES string of the molecule is O=S(=O)(Nc1ccc(-n2ccc(C(F)(F)F)n2)cc1)c1cccc2ccccc12. The molecule has 0 bridgehead atoms. The van der Waals surface area contributed by atoms with Gasteiger partial charge in [0.05, 0.1) is 10.6 Å². The summed E-state index contributed by atoms with van der Waals surface area (Å²) in [6.07, 6.45) is -3.34. The summed E-state index contributed by atoms with van der Waals surface area (Å²) < 4.78 is 67.3. The second-order valence-electron chi connectivity index (χ2n) is 6.27. The van der Waals surface area contributed by atoms with Crippen LogP contribution >= 0.6 is 0 Å². The van der Waals surface area contributed by atoms with Crippen LogP contribution in [0, 0.1) is 0 Å².